The van der Waals surface area contributed by atoms with Gasteiger partial charge in [-0.05, 0) is 122 Å². The van der Waals surface area contributed by atoms with Crippen LogP contribution >= 0.6 is 0 Å². The van der Waals surface area contributed by atoms with E-state index in [9.17, 15) is 19.5 Å². The molecular weight excluding hydrogens is 733 g/mol. The number of hydrogen-bond acceptors (Lipinski definition) is 5. The van der Waals surface area contributed by atoms with Gasteiger partial charge in [0.15, 0.2) is 0 Å². The molecule has 2 atom stereocenters. The van der Waals surface area contributed by atoms with Crippen molar-refractivity contribution < 1.29 is 24.2 Å². The van der Waals surface area contributed by atoms with Crippen LogP contribution in [-0.2, 0) is 19.1 Å². The first kappa shape index (κ1) is 56.3. The summed E-state index contributed by atoms with van der Waals surface area (Å²) in [5, 5.41) is 12.0. The molecule has 7 nitrogen and oxygen atoms in total. The summed E-state index contributed by atoms with van der Waals surface area (Å²) < 4.78 is 6.07. The molecule has 7 heteroatoms. The van der Waals surface area contributed by atoms with E-state index < -0.39 is 12.0 Å². The monoisotopic (exact) mass is 827 g/mol. The number of esters is 1. The maximum atomic E-state index is 12.9. The van der Waals surface area contributed by atoms with Crippen LogP contribution in [0.5, 0.6) is 0 Å². The van der Waals surface area contributed by atoms with Gasteiger partial charge in [0.05, 0.1) is 0 Å². The van der Waals surface area contributed by atoms with Crippen LogP contribution in [0.15, 0.2) is 48.6 Å². The van der Waals surface area contributed by atoms with Crippen LogP contribution in [0.25, 0.3) is 0 Å². The molecule has 0 aromatic heterocycles. The van der Waals surface area contributed by atoms with Gasteiger partial charge < -0.3 is 20.9 Å². The number of ether oxygens (including phenoxy) is 1. The number of nitrogens with one attached hydrogen (secondary N) is 1. The molecule has 0 spiro atoms. The SMILES string of the molecule is CCCCCC/C=C\C/C=C\CCCCCCCCCC(=O)OC(CCCCC/C=C\C/C=C\CCCCCCC)CCCCCCCC(=O)NC(CCCN)C(=O)O. The van der Waals surface area contributed by atoms with Gasteiger partial charge in [-0.15, -0.1) is 0 Å². The van der Waals surface area contributed by atoms with Crippen molar-refractivity contribution in [1.82, 2.24) is 5.32 Å². The first-order valence-electron chi connectivity index (χ1n) is 25.0. The van der Waals surface area contributed by atoms with Crippen LogP contribution in [0.1, 0.15) is 245 Å². The summed E-state index contributed by atoms with van der Waals surface area (Å²) in [5.41, 5.74) is 5.50. The average Bonchev–Trinajstić information content (AvgIpc) is 3.22. The summed E-state index contributed by atoms with van der Waals surface area (Å²) >= 11 is 0. The number of hydrogen-bond donors (Lipinski definition) is 3. The van der Waals surface area contributed by atoms with Gasteiger partial charge in [0, 0.05) is 12.8 Å². The van der Waals surface area contributed by atoms with E-state index in [0.29, 0.717) is 32.2 Å². The summed E-state index contributed by atoms with van der Waals surface area (Å²) in [5.74, 6) is -1.25. The van der Waals surface area contributed by atoms with Gasteiger partial charge in [-0.3, -0.25) is 9.59 Å². The maximum Gasteiger partial charge on any atom is 0.326 e. The lowest BCUT2D eigenvalue weighted by Gasteiger charge is -2.18. The zero-order valence-corrected chi connectivity index (χ0v) is 38.6. The number of carbonyl (C=O) groups is 3. The van der Waals surface area contributed by atoms with Crippen molar-refractivity contribution in [3.8, 4) is 0 Å². The van der Waals surface area contributed by atoms with E-state index >= 15 is 0 Å². The Balaban J connectivity index is 4.37. The zero-order chi connectivity index (χ0) is 43.1. The average molecular weight is 827 g/mol. The largest absolute Gasteiger partial charge is 0.480 e. The van der Waals surface area contributed by atoms with Gasteiger partial charge in [0.25, 0.3) is 0 Å². The van der Waals surface area contributed by atoms with Crippen molar-refractivity contribution in [3.63, 3.8) is 0 Å². The normalized spacial score (nSPS) is 13.0. The molecule has 342 valence electrons. The third kappa shape index (κ3) is 43.2. The number of amides is 1. The second-order valence-electron chi connectivity index (χ2n) is 16.9. The molecule has 59 heavy (non-hydrogen) atoms. The summed E-state index contributed by atoms with van der Waals surface area (Å²) in [7, 11) is 0. The zero-order valence-electron chi connectivity index (χ0n) is 38.6. The maximum absolute atomic E-state index is 12.9. The third-order valence-corrected chi connectivity index (χ3v) is 11.1. The molecule has 0 aromatic rings. The van der Waals surface area contributed by atoms with Gasteiger partial charge in [0.2, 0.25) is 5.91 Å². The molecule has 0 saturated heterocycles. The molecule has 0 rings (SSSR count). The lowest BCUT2D eigenvalue weighted by Crippen LogP contribution is -2.40. The number of nitrogens with two attached hydrogens (primary N) is 1. The standard InChI is InChI=1S/C52H94N2O5/c1-3-5-7-9-11-13-15-17-19-20-21-23-25-27-29-31-36-40-46-51(56)59-48(42-37-33-30-28-26-24-22-18-16-14-12-10-8-6-4-2)43-38-34-32-35-39-45-50(55)54-49(52(57)58)44-41-47-53/h13,15-16,18-20,24,26,48-49H,3-12,14,17,21-23,25,27-47,53H2,1-2H3,(H,54,55)(H,57,58)/b15-13-,18-16-,20-19-,26-24-. The van der Waals surface area contributed by atoms with Crippen molar-refractivity contribution in [2.45, 2.75) is 257 Å². The van der Waals surface area contributed by atoms with Crippen LogP contribution in [0.3, 0.4) is 0 Å². The van der Waals surface area contributed by atoms with E-state index in [1.807, 2.05) is 0 Å². The molecule has 0 saturated carbocycles. The second kappa shape index (κ2) is 46.4. The number of allylic oxidation sites excluding steroid dienone is 8. The van der Waals surface area contributed by atoms with Crippen molar-refractivity contribution in [2.75, 3.05) is 6.54 Å². The molecule has 1 amide bonds. The number of unbranched alkanes of at least 4 members (excludes halogenated alkanes) is 23. The lowest BCUT2D eigenvalue weighted by molar-refractivity contribution is -0.150. The van der Waals surface area contributed by atoms with E-state index in [4.69, 9.17) is 10.5 Å². The Bertz CT molecular complexity index is 1070. The predicted octanol–water partition coefficient (Wildman–Crippen LogP) is 14.7. The molecule has 0 aliphatic rings. The first-order valence-corrected chi connectivity index (χ1v) is 25.0. The van der Waals surface area contributed by atoms with E-state index in [1.54, 1.807) is 0 Å². The molecule has 0 radical (unpaired) electrons. The molecule has 0 heterocycles. The number of carbonyl (C=O) groups excluding carboxylic acids is 2. The predicted molar refractivity (Wildman–Crippen MR) is 253 cm³/mol. The Labute approximate surface area is 364 Å². The number of carboxylic acids is 1. The van der Waals surface area contributed by atoms with E-state index in [-0.39, 0.29) is 18.0 Å². The summed E-state index contributed by atoms with van der Waals surface area (Å²) in [6.45, 7) is 4.93. The molecule has 0 bridgehead atoms. The van der Waals surface area contributed by atoms with Crippen LogP contribution in [0, 0.1) is 0 Å². The second-order valence-corrected chi connectivity index (χ2v) is 16.9. The highest BCUT2D eigenvalue weighted by Crippen LogP contribution is 2.19. The van der Waals surface area contributed by atoms with Crippen LogP contribution in [0.4, 0.5) is 0 Å². The van der Waals surface area contributed by atoms with Crippen molar-refractivity contribution in [2.24, 2.45) is 5.73 Å². The van der Waals surface area contributed by atoms with Crippen molar-refractivity contribution >= 4 is 17.8 Å². The molecule has 0 aliphatic heterocycles. The third-order valence-electron chi connectivity index (χ3n) is 11.1. The fourth-order valence-corrected chi connectivity index (χ4v) is 7.34. The number of rotatable bonds is 45. The summed E-state index contributed by atoms with van der Waals surface area (Å²) in [6.07, 6.45) is 57.3. The minimum Gasteiger partial charge on any atom is -0.480 e. The smallest absolute Gasteiger partial charge is 0.326 e. The minimum atomic E-state index is -1.01. The van der Waals surface area contributed by atoms with Gasteiger partial charge in [-0.2, -0.15) is 0 Å². The Morgan fingerprint density at radius 1 is 0.492 bits per heavy atom. The Morgan fingerprint density at radius 2 is 0.881 bits per heavy atom. The molecule has 0 aliphatic carbocycles. The Morgan fingerprint density at radius 3 is 1.34 bits per heavy atom. The number of carboxylic acid groups (broad SMARTS) is 1. The number of aliphatic carboxylic acids is 1. The van der Waals surface area contributed by atoms with Crippen LogP contribution < -0.4 is 11.1 Å². The topological polar surface area (TPSA) is 119 Å². The molecular formula is C52H94N2O5. The molecule has 4 N–H and O–H groups in total. The quantitative estimate of drug-likeness (QED) is 0.0320. The summed E-state index contributed by atoms with van der Waals surface area (Å²) in [6, 6.07) is -0.862. The Hall–Kier alpha value is -2.67. The van der Waals surface area contributed by atoms with E-state index in [0.717, 1.165) is 89.9 Å². The highest BCUT2D eigenvalue weighted by atomic mass is 16.5. The van der Waals surface area contributed by atoms with E-state index in [1.165, 1.54) is 116 Å². The van der Waals surface area contributed by atoms with Crippen LogP contribution in [-0.4, -0.2) is 41.6 Å². The van der Waals surface area contributed by atoms with Gasteiger partial charge in [-0.25, -0.2) is 4.79 Å². The Kier molecular flexibility index (Phi) is 44.3. The minimum absolute atomic E-state index is 0.0157. The molecule has 0 fully saturated rings. The van der Waals surface area contributed by atoms with Crippen LogP contribution in [0.2, 0.25) is 0 Å². The van der Waals surface area contributed by atoms with E-state index in [2.05, 4.69) is 67.8 Å². The van der Waals surface area contributed by atoms with Gasteiger partial charge in [0.1, 0.15) is 12.1 Å². The molecule has 2 unspecified atom stereocenters. The fraction of sp³-hybridized carbons (Fsp3) is 0.788. The van der Waals surface area contributed by atoms with Crippen molar-refractivity contribution in [1.29, 1.82) is 0 Å². The van der Waals surface area contributed by atoms with Gasteiger partial charge >= 0.3 is 11.9 Å². The molecule has 0 aromatic carbocycles. The first-order chi connectivity index (χ1) is 28.9. The summed E-state index contributed by atoms with van der Waals surface area (Å²) in [4.78, 5) is 36.5. The van der Waals surface area contributed by atoms with Crippen molar-refractivity contribution in [3.05, 3.63) is 48.6 Å². The highest BCUT2D eigenvalue weighted by Gasteiger charge is 2.19. The lowest BCUT2D eigenvalue weighted by atomic mass is 10.0. The van der Waals surface area contributed by atoms with Gasteiger partial charge in [-0.1, -0.05) is 165 Å². The highest BCUT2D eigenvalue weighted by molar-refractivity contribution is 5.83. The fourth-order valence-electron chi connectivity index (χ4n) is 7.34.